The lowest BCUT2D eigenvalue weighted by atomic mass is 10.0. The van der Waals surface area contributed by atoms with Crippen LogP contribution in [0.15, 0.2) is 162 Å². The van der Waals surface area contributed by atoms with E-state index in [1.807, 2.05) is 59.9 Å². The van der Waals surface area contributed by atoms with Crippen LogP contribution in [-0.4, -0.2) is 19.5 Å². The smallest absolute Gasteiger partial charge is 0.165 e. The van der Waals surface area contributed by atoms with Gasteiger partial charge in [-0.2, -0.15) is 0 Å². The highest BCUT2D eigenvalue weighted by atomic mass is 32.1. The molecule has 0 spiro atoms. The summed E-state index contributed by atoms with van der Waals surface area (Å²) in [7, 11) is 0. The number of benzene rings is 7. The van der Waals surface area contributed by atoms with E-state index in [9.17, 15) is 0 Å². The zero-order chi connectivity index (χ0) is 33.5. The van der Waals surface area contributed by atoms with Crippen molar-refractivity contribution in [2.24, 2.45) is 0 Å². The Morgan fingerprint density at radius 3 is 1.90 bits per heavy atom. The molecule has 0 radical (unpaired) electrons. The molecule has 0 aliphatic heterocycles. The Labute approximate surface area is 295 Å². The van der Waals surface area contributed by atoms with Gasteiger partial charge in [-0.05, 0) is 36.4 Å². The minimum Gasteiger partial charge on any atom is -0.456 e. The highest BCUT2D eigenvalue weighted by Gasteiger charge is 2.22. The Balaban J connectivity index is 1.21. The number of rotatable bonds is 4. The van der Waals surface area contributed by atoms with Crippen LogP contribution < -0.4 is 0 Å². The number of aromatic nitrogens is 4. The van der Waals surface area contributed by atoms with Crippen LogP contribution in [0.25, 0.3) is 104 Å². The fourth-order valence-corrected chi connectivity index (χ4v) is 8.97. The van der Waals surface area contributed by atoms with Crippen molar-refractivity contribution in [1.29, 1.82) is 0 Å². The molecule has 238 valence electrons. The summed E-state index contributed by atoms with van der Waals surface area (Å²) in [6.45, 7) is 0. The van der Waals surface area contributed by atoms with E-state index in [0.29, 0.717) is 17.5 Å². The number of furan rings is 1. The van der Waals surface area contributed by atoms with Crippen molar-refractivity contribution >= 4 is 75.3 Å². The topological polar surface area (TPSA) is 56.7 Å². The summed E-state index contributed by atoms with van der Waals surface area (Å²) in [5.74, 6) is 1.88. The Morgan fingerprint density at radius 2 is 1.04 bits per heavy atom. The number of nitrogens with zero attached hydrogens (tertiary/aromatic N) is 4. The fraction of sp³-hybridized carbons (Fsp3) is 0. The Hall–Kier alpha value is -6.63. The molecule has 6 heteroatoms. The molecule has 4 heterocycles. The van der Waals surface area contributed by atoms with E-state index >= 15 is 0 Å². The van der Waals surface area contributed by atoms with E-state index < -0.39 is 0 Å². The van der Waals surface area contributed by atoms with E-state index in [4.69, 9.17) is 19.4 Å². The van der Waals surface area contributed by atoms with Crippen LogP contribution in [0.5, 0.6) is 0 Å². The molecule has 0 N–H and O–H groups in total. The molecule has 0 atom stereocenters. The van der Waals surface area contributed by atoms with Gasteiger partial charge in [-0.3, -0.25) is 0 Å². The average Bonchev–Trinajstić information content (AvgIpc) is 3.88. The first-order valence-electron chi connectivity index (χ1n) is 17.0. The molecule has 5 nitrogen and oxygen atoms in total. The summed E-state index contributed by atoms with van der Waals surface area (Å²) in [6.07, 6.45) is 0. The van der Waals surface area contributed by atoms with Crippen molar-refractivity contribution in [3.8, 4) is 39.9 Å². The SMILES string of the molecule is c1ccc(-c2nc(-c3cccc4c3sc3c4ccc4c5ccccc5n(-c5ccccc5)c43)nc(-c3cccc4oc5ccccc5c34)n2)cc1. The molecular formula is C45H26N4OS. The molecule has 51 heavy (non-hydrogen) atoms. The van der Waals surface area contributed by atoms with Crippen molar-refractivity contribution in [3.05, 3.63) is 158 Å². The third kappa shape index (κ3) is 4.24. The van der Waals surface area contributed by atoms with Gasteiger partial charge in [0, 0.05) is 59.4 Å². The third-order valence-corrected chi connectivity index (χ3v) is 11.1. The van der Waals surface area contributed by atoms with Gasteiger partial charge in [-0.1, -0.05) is 121 Å². The number of thiophene rings is 1. The molecule has 0 amide bonds. The minimum absolute atomic E-state index is 0.612. The van der Waals surface area contributed by atoms with Crippen LogP contribution in [0.4, 0.5) is 0 Å². The summed E-state index contributed by atoms with van der Waals surface area (Å²) in [4.78, 5) is 15.5. The van der Waals surface area contributed by atoms with E-state index in [0.717, 1.165) is 49.0 Å². The van der Waals surface area contributed by atoms with Crippen LogP contribution >= 0.6 is 11.3 Å². The minimum atomic E-state index is 0.612. The second kappa shape index (κ2) is 10.9. The lowest BCUT2D eigenvalue weighted by molar-refractivity contribution is 0.669. The highest BCUT2D eigenvalue weighted by molar-refractivity contribution is 7.27. The summed E-state index contributed by atoms with van der Waals surface area (Å²) in [5, 5.41) is 6.92. The lowest BCUT2D eigenvalue weighted by Gasteiger charge is -2.10. The fourth-order valence-electron chi connectivity index (χ4n) is 7.62. The van der Waals surface area contributed by atoms with E-state index in [1.165, 1.54) is 37.3 Å². The zero-order valence-corrected chi connectivity index (χ0v) is 27.9. The first kappa shape index (κ1) is 28.2. The van der Waals surface area contributed by atoms with E-state index in [2.05, 4.69) is 114 Å². The van der Waals surface area contributed by atoms with Crippen LogP contribution in [0.1, 0.15) is 0 Å². The van der Waals surface area contributed by atoms with Crippen LogP contribution in [-0.2, 0) is 0 Å². The number of hydrogen-bond donors (Lipinski definition) is 0. The highest BCUT2D eigenvalue weighted by Crippen LogP contribution is 2.45. The van der Waals surface area contributed by atoms with Gasteiger partial charge in [0.1, 0.15) is 11.2 Å². The number of para-hydroxylation sites is 3. The number of fused-ring (bicyclic) bond motifs is 10. The van der Waals surface area contributed by atoms with Crippen molar-refractivity contribution in [1.82, 2.24) is 19.5 Å². The molecular weight excluding hydrogens is 645 g/mol. The first-order valence-corrected chi connectivity index (χ1v) is 17.8. The zero-order valence-electron chi connectivity index (χ0n) is 27.1. The maximum absolute atomic E-state index is 6.26. The summed E-state index contributed by atoms with van der Waals surface area (Å²) < 4.78 is 11.1. The predicted molar refractivity (Wildman–Crippen MR) is 211 cm³/mol. The molecule has 0 fully saturated rings. The van der Waals surface area contributed by atoms with Gasteiger partial charge in [-0.15, -0.1) is 11.3 Å². The molecule has 0 saturated heterocycles. The first-order chi connectivity index (χ1) is 25.3. The van der Waals surface area contributed by atoms with Gasteiger partial charge < -0.3 is 8.98 Å². The van der Waals surface area contributed by atoms with Crippen molar-refractivity contribution in [3.63, 3.8) is 0 Å². The maximum atomic E-state index is 6.26. The Bertz CT molecular complexity index is 3140. The van der Waals surface area contributed by atoms with Crippen LogP contribution in [0.2, 0.25) is 0 Å². The second-order valence-corrected chi connectivity index (χ2v) is 13.8. The summed E-state index contributed by atoms with van der Waals surface area (Å²) in [6, 6.07) is 54.8. The Morgan fingerprint density at radius 1 is 0.431 bits per heavy atom. The molecule has 4 aromatic heterocycles. The lowest BCUT2D eigenvalue weighted by Crippen LogP contribution is -2.00. The maximum Gasteiger partial charge on any atom is 0.165 e. The number of hydrogen-bond acceptors (Lipinski definition) is 5. The second-order valence-electron chi connectivity index (χ2n) is 12.8. The molecule has 0 aliphatic rings. The molecule has 0 aliphatic carbocycles. The van der Waals surface area contributed by atoms with Crippen molar-refractivity contribution in [2.45, 2.75) is 0 Å². The molecule has 11 aromatic rings. The van der Waals surface area contributed by atoms with Gasteiger partial charge in [-0.25, -0.2) is 15.0 Å². The monoisotopic (exact) mass is 670 g/mol. The van der Waals surface area contributed by atoms with Gasteiger partial charge in [0.15, 0.2) is 17.5 Å². The molecule has 0 bridgehead atoms. The van der Waals surface area contributed by atoms with E-state index in [1.54, 1.807) is 0 Å². The molecule has 7 aromatic carbocycles. The quantitative estimate of drug-likeness (QED) is 0.187. The van der Waals surface area contributed by atoms with Gasteiger partial charge in [0.05, 0.1) is 15.7 Å². The van der Waals surface area contributed by atoms with Crippen LogP contribution in [0, 0.1) is 0 Å². The molecule has 0 unspecified atom stereocenters. The van der Waals surface area contributed by atoms with Gasteiger partial charge in [0.25, 0.3) is 0 Å². The standard InChI is InChI=1S/C45H26N4OS/c1-3-13-27(14-4-1)43-46-44(34-20-12-24-38-39(34)33-18-8-10-23-37(33)50-38)48-45(47-43)35-21-11-19-31-32-26-25-30-29-17-7-9-22-36(29)49(28-15-5-2-6-16-28)40(30)42(32)51-41(31)35/h1-26H. The Kier molecular flexibility index (Phi) is 6.05. The van der Waals surface area contributed by atoms with Crippen molar-refractivity contribution < 1.29 is 4.42 Å². The normalized spacial score (nSPS) is 11.9. The average molecular weight is 671 g/mol. The van der Waals surface area contributed by atoms with E-state index in [-0.39, 0.29) is 0 Å². The van der Waals surface area contributed by atoms with Gasteiger partial charge >= 0.3 is 0 Å². The third-order valence-electron chi connectivity index (χ3n) is 9.87. The predicted octanol–water partition coefficient (Wildman–Crippen LogP) is 12.2. The summed E-state index contributed by atoms with van der Waals surface area (Å²) >= 11 is 1.81. The largest absolute Gasteiger partial charge is 0.456 e. The van der Waals surface area contributed by atoms with Crippen molar-refractivity contribution in [2.75, 3.05) is 0 Å². The molecule has 0 saturated carbocycles. The summed E-state index contributed by atoms with van der Waals surface area (Å²) in [5.41, 5.74) is 8.03. The van der Waals surface area contributed by atoms with Crippen LogP contribution in [0.3, 0.4) is 0 Å². The van der Waals surface area contributed by atoms with Gasteiger partial charge in [0.2, 0.25) is 0 Å². The molecule has 11 rings (SSSR count).